The van der Waals surface area contributed by atoms with Crippen molar-refractivity contribution in [2.45, 2.75) is 25.9 Å². The molecule has 4 nitrogen and oxygen atoms in total. The van der Waals surface area contributed by atoms with Crippen LogP contribution in [0.3, 0.4) is 0 Å². The average molecular weight is 195 g/mol. The number of carbonyl (C=O) groups excluding carboxylic acids is 1. The van der Waals surface area contributed by atoms with Gasteiger partial charge in [-0.1, -0.05) is 5.57 Å². The summed E-state index contributed by atoms with van der Waals surface area (Å²) in [7, 11) is 0. The summed E-state index contributed by atoms with van der Waals surface area (Å²) in [6.07, 6.45) is 2.27. The van der Waals surface area contributed by atoms with Gasteiger partial charge in [0, 0.05) is 12.5 Å². The Balaban J connectivity index is 2.51. The number of rotatable bonds is 2. The van der Waals surface area contributed by atoms with Crippen LogP contribution in [0, 0.1) is 11.3 Å². The first-order valence-electron chi connectivity index (χ1n) is 4.63. The zero-order valence-electron chi connectivity index (χ0n) is 8.16. The molecule has 1 atom stereocenters. The maximum Gasteiger partial charge on any atom is 0.330 e. The van der Waals surface area contributed by atoms with Gasteiger partial charge in [-0.15, -0.1) is 0 Å². The third-order valence-corrected chi connectivity index (χ3v) is 1.94. The van der Waals surface area contributed by atoms with Crippen molar-refractivity contribution in [3.05, 3.63) is 11.6 Å². The molecule has 0 aromatic carbocycles. The summed E-state index contributed by atoms with van der Waals surface area (Å²) in [6, 6.07) is 2.02. The molecule has 0 aromatic heterocycles. The smallest absolute Gasteiger partial charge is 0.330 e. The number of nitriles is 1. The highest BCUT2D eigenvalue weighted by atomic mass is 16.5. The number of ether oxygens (including phenoxy) is 2. The molecule has 0 bridgehead atoms. The van der Waals surface area contributed by atoms with E-state index in [0.29, 0.717) is 26.1 Å². The third kappa shape index (κ3) is 3.19. The van der Waals surface area contributed by atoms with Gasteiger partial charge in [-0.25, -0.2) is 4.79 Å². The van der Waals surface area contributed by atoms with Crippen LogP contribution < -0.4 is 0 Å². The van der Waals surface area contributed by atoms with Crippen LogP contribution in [-0.4, -0.2) is 25.3 Å². The first kappa shape index (κ1) is 10.7. The molecule has 1 saturated heterocycles. The van der Waals surface area contributed by atoms with Gasteiger partial charge in [-0.3, -0.25) is 0 Å². The summed E-state index contributed by atoms with van der Waals surface area (Å²) in [4.78, 5) is 11.1. The van der Waals surface area contributed by atoms with Gasteiger partial charge in [-0.05, 0) is 13.3 Å². The zero-order chi connectivity index (χ0) is 10.4. The lowest BCUT2D eigenvalue weighted by Crippen LogP contribution is -2.19. The van der Waals surface area contributed by atoms with E-state index in [1.165, 1.54) is 6.08 Å². The summed E-state index contributed by atoms with van der Waals surface area (Å²) in [5, 5.41) is 8.63. The Morgan fingerprint density at radius 2 is 2.64 bits per heavy atom. The highest BCUT2D eigenvalue weighted by molar-refractivity contribution is 5.82. The van der Waals surface area contributed by atoms with Gasteiger partial charge < -0.3 is 9.47 Å². The minimum Gasteiger partial charge on any atom is -0.463 e. The lowest BCUT2D eigenvalue weighted by Gasteiger charge is -2.19. The van der Waals surface area contributed by atoms with Crippen molar-refractivity contribution in [3.8, 4) is 6.07 Å². The SMILES string of the molecule is CCOC(=O)/C=C1/CCOC(C#N)C1. The lowest BCUT2D eigenvalue weighted by molar-refractivity contribution is -0.137. The molecule has 0 amide bonds. The molecule has 0 spiro atoms. The van der Waals surface area contributed by atoms with E-state index in [0.717, 1.165) is 5.57 Å². The quantitative estimate of drug-likeness (QED) is 0.490. The summed E-state index contributed by atoms with van der Waals surface area (Å²) < 4.78 is 9.92. The normalized spacial score (nSPS) is 24.3. The largest absolute Gasteiger partial charge is 0.463 e. The second kappa shape index (κ2) is 5.40. The maximum atomic E-state index is 11.1. The first-order chi connectivity index (χ1) is 6.76. The number of esters is 1. The van der Waals surface area contributed by atoms with Crippen LogP contribution in [0.25, 0.3) is 0 Å². The maximum absolute atomic E-state index is 11.1. The Kier molecular flexibility index (Phi) is 4.14. The molecular formula is C10H13NO3. The fraction of sp³-hybridized carbons (Fsp3) is 0.600. The summed E-state index contributed by atoms with van der Waals surface area (Å²) in [5.74, 6) is -0.332. The minimum atomic E-state index is -0.413. The molecule has 4 heteroatoms. The molecule has 1 rings (SSSR count). The predicted molar refractivity (Wildman–Crippen MR) is 49.3 cm³/mol. The van der Waals surface area contributed by atoms with Crippen LogP contribution in [0.15, 0.2) is 11.6 Å². The van der Waals surface area contributed by atoms with E-state index < -0.39 is 6.10 Å². The van der Waals surface area contributed by atoms with Crippen LogP contribution in [-0.2, 0) is 14.3 Å². The van der Waals surface area contributed by atoms with Crippen molar-refractivity contribution in [3.63, 3.8) is 0 Å². The van der Waals surface area contributed by atoms with Crippen molar-refractivity contribution in [1.82, 2.24) is 0 Å². The summed E-state index contributed by atoms with van der Waals surface area (Å²) in [6.45, 7) is 2.64. The van der Waals surface area contributed by atoms with E-state index in [4.69, 9.17) is 14.7 Å². The lowest BCUT2D eigenvalue weighted by atomic mass is 10.0. The standard InChI is InChI=1S/C10H13NO3/c1-2-13-10(12)6-8-3-4-14-9(5-8)7-11/h6,9H,2-5H2,1H3/b8-6-. The van der Waals surface area contributed by atoms with Crippen molar-refractivity contribution in [2.24, 2.45) is 0 Å². The number of hydrogen-bond donors (Lipinski definition) is 0. The molecule has 1 aliphatic heterocycles. The van der Waals surface area contributed by atoms with E-state index in [9.17, 15) is 4.79 Å². The summed E-state index contributed by atoms with van der Waals surface area (Å²) >= 11 is 0. The van der Waals surface area contributed by atoms with E-state index in [1.54, 1.807) is 6.92 Å². The Morgan fingerprint density at radius 3 is 3.29 bits per heavy atom. The van der Waals surface area contributed by atoms with Gasteiger partial charge >= 0.3 is 5.97 Å². The van der Waals surface area contributed by atoms with Crippen molar-refractivity contribution in [1.29, 1.82) is 5.26 Å². The van der Waals surface area contributed by atoms with Gasteiger partial charge in [0.2, 0.25) is 0 Å². The average Bonchev–Trinajstić information content (AvgIpc) is 2.18. The number of nitrogens with zero attached hydrogens (tertiary/aromatic N) is 1. The van der Waals surface area contributed by atoms with Gasteiger partial charge in [-0.2, -0.15) is 5.26 Å². The third-order valence-electron chi connectivity index (χ3n) is 1.94. The number of carbonyl (C=O) groups is 1. The molecule has 1 heterocycles. The van der Waals surface area contributed by atoms with E-state index >= 15 is 0 Å². The molecule has 0 N–H and O–H groups in total. The monoisotopic (exact) mass is 195 g/mol. The highest BCUT2D eigenvalue weighted by Crippen LogP contribution is 2.18. The van der Waals surface area contributed by atoms with Gasteiger partial charge in [0.05, 0.1) is 19.3 Å². The first-order valence-corrected chi connectivity index (χ1v) is 4.63. The molecule has 1 unspecified atom stereocenters. The molecule has 14 heavy (non-hydrogen) atoms. The molecule has 76 valence electrons. The van der Waals surface area contributed by atoms with Gasteiger partial charge in [0.15, 0.2) is 0 Å². The zero-order valence-corrected chi connectivity index (χ0v) is 8.16. The molecule has 0 saturated carbocycles. The van der Waals surface area contributed by atoms with Crippen LogP contribution in [0.2, 0.25) is 0 Å². The fourth-order valence-corrected chi connectivity index (χ4v) is 1.30. The topological polar surface area (TPSA) is 59.3 Å². The van der Waals surface area contributed by atoms with E-state index in [1.807, 2.05) is 6.07 Å². The van der Waals surface area contributed by atoms with E-state index in [-0.39, 0.29) is 5.97 Å². The summed E-state index contributed by atoms with van der Waals surface area (Å²) in [5.41, 5.74) is 0.932. The predicted octanol–water partition coefficient (Wildman–Crippen LogP) is 1.18. The van der Waals surface area contributed by atoms with Crippen LogP contribution in [0.5, 0.6) is 0 Å². The molecule has 1 aliphatic rings. The van der Waals surface area contributed by atoms with Crippen molar-refractivity contribution < 1.29 is 14.3 Å². The molecule has 0 aromatic rings. The molecule has 0 radical (unpaired) electrons. The fourth-order valence-electron chi connectivity index (χ4n) is 1.30. The molecule has 0 aliphatic carbocycles. The number of hydrogen-bond acceptors (Lipinski definition) is 4. The van der Waals surface area contributed by atoms with Crippen LogP contribution in [0.1, 0.15) is 19.8 Å². The second-order valence-corrected chi connectivity index (χ2v) is 3.00. The van der Waals surface area contributed by atoms with Crippen molar-refractivity contribution >= 4 is 5.97 Å². The van der Waals surface area contributed by atoms with Crippen LogP contribution in [0.4, 0.5) is 0 Å². The van der Waals surface area contributed by atoms with E-state index in [2.05, 4.69) is 0 Å². The highest BCUT2D eigenvalue weighted by Gasteiger charge is 2.17. The van der Waals surface area contributed by atoms with Crippen molar-refractivity contribution in [2.75, 3.05) is 13.2 Å². The minimum absolute atomic E-state index is 0.332. The van der Waals surface area contributed by atoms with Crippen LogP contribution >= 0.6 is 0 Å². The Labute approximate surface area is 83.1 Å². The van der Waals surface area contributed by atoms with Gasteiger partial charge in [0.1, 0.15) is 6.10 Å². The Bertz CT molecular complexity index is 278. The van der Waals surface area contributed by atoms with Gasteiger partial charge in [0.25, 0.3) is 0 Å². The Hall–Kier alpha value is -1.34. The second-order valence-electron chi connectivity index (χ2n) is 3.00. The Morgan fingerprint density at radius 1 is 1.86 bits per heavy atom. The molecule has 1 fully saturated rings. The molecular weight excluding hydrogens is 182 g/mol.